The van der Waals surface area contributed by atoms with Crippen LogP contribution in [0.4, 0.5) is 10.8 Å². The number of anilines is 2. The zero-order chi connectivity index (χ0) is 19.3. The predicted molar refractivity (Wildman–Crippen MR) is 111 cm³/mol. The molecule has 0 bridgehead atoms. The van der Waals surface area contributed by atoms with Crippen LogP contribution in [0, 0.1) is 11.5 Å². The number of benzene rings is 2. The highest BCUT2D eigenvalue weighted by Crippen LogP contribution is 2.29. The van der Waals surface area contributed by atoms with Gasteiger partial charge in [-0.15, -0.1) is 0 Å². The number of nitrogens with one attached hydrogen (secondary N) is 1. The van der Waals surface area contributed by atoms with E-state index in [2.05, 4.69) is 21.4 Å². The minimum atomic E-state index is -0.458. The van der Waals surface area contributed by atoms with E-state index in [1.54, 1.807) is 11.1 Å². The van der Waals surface area contributed by atoms with Crippen LogP contribution >= 0.6 is 11.3 Å². The Bertz CT molecular complexity index is 983. The molecule has 1 amide bonds. The predicted octanol–water partition coefficient (Wildman–Crippen LogP) is 3.42. The van der Waals surface area contributed by atoms with Crippen molar-refractivity contribution in [1.29, 1.82) is 5.26 Å². The molecular formula is C21H19N5OS. The molecule has 1 N–H and O–H groups in total. The normalized spacial score (nSPS) is 16.5. The van der Waals surface area contributed by atoms with Gasteiger partial charge in [0.15, 0.2) is 11.3 Å². The molecule has 2 heterocycles. The molecule has 2 aromatic carbocycles. The fourth-order valence-corrected chi connectivity index (χ4v) is 4.11. The summed E-state index contributed by atoms with van der Waals surface area (Å²) in [5.74, 6) is -0.155. The molecule has 1 aliphatic heterocycles. The van der Waals surface area contributed by atoms with E-state index in [-0.39, 0.29) is 5.91 Å². The van der Waals surface area contributed by atoms with Crippen LogP contribution < -0.4 is 10.2 Å². The van der Waals surface area contributed by atoms with Gasteiger partial charge in [0.2, 0.25) is 0 Å². The maximum absolute atomic E-state index is 13.0. The van der Waals surface area contributed by atoms with Crippen molar-refractivity contribution in [3.05, 3.63) is 66.9 Å². The zero-order valence-electron chi connectivity index (χ0n) is 15.2. The highest BCUT2D eigenvalue weighted by molar-refractivity contribution is 7.19. The van der Waals surface area contributed by atoms with E-state index in [1.165, 1.54) is 11.3 Å². The second-order valence-electron chi connectivity index (χ2n) is 6.48. The third-order valence-corrected chi connectivity index (χ3v) is 5.67. The molecule has 1 saturated heterocycles. The van der Waals surface area contributed by atoms with Crippen LogP contribution in [0.25, 0.3) is 10.4 Å². The van der Waals surface area contributed by atoms with Gasteiger partial charge >= 0.3 is 0 Å². The summed E-state index contributed by atoms with van der Waals surface area (Å²) in [6.07, 6.45) is 3.93. The Hall–Kier alpha value is -3.37. The Morgan fingerprint density at radius 3 is 2.54 bits per heavy atom. The van der Waals surface area contributed by atoms with E-state index in [0.29, 0.717) is 24.8 Å². The van der Waals surface area contributed by atoms with Gasteiger partial charge in [-0.3, -0.25) is 4.79 Å². The number of thiazole rings is 1. The largest absolute Gasteiger partial charge is 0.356 e. The van der Waals surface area contributed by atoms with Crippen LogP contribution in [0.2, 0.25) is 0 Å². The number of para-hydroxylation sites is 1. The smallest absolute Gasteiger partial charge is 0.250 e. The molecule has 6 nitrogen and oxygen atoms in total. The first-order chi connectivity index (χ1) is 13.7. The highest BCUT2D eigenvalue weighted by Gasteiger charge is 2.32. The van der Waals surface area contributed by atoms with Gasteiger partial charge in [0.25, 0.3) is 5.91 Å². The van der Waals surface area contributed by atoms with Gasteiger partial charge in [-0.2, -0.15) is 5.26 Å². The lowest BCUT2D eigenvalue weighted by molar-refractivity contribution is -0.118. The summed E-state index contributed by atoms with van der Waals surface area (Å²) in [6, 6.07) is 19.3. The molecule has 0 spiro atoms. The molecule has 140 valence electrons. The average Bonchev–Trinajstić information content (AvgIpc) is 3.23. The highest BCUT2D eigenvalue weighted by atomic mass is 32.1. The Kier molecular flexibility index (Phi) is 5.22. The zero-order valence-corrected chi connectivity index (χ0v) is 16.0. The summed E-state index contributed by atoms with van der Waals surface area (Å²) in [5.41, 5.74) is 2.05. The maximum Gasteiger partial charge on any atom is 0.250 e. The van der Waals surface area contributed by atoms with Crippen molar-refractivity contribution < 1.29 is 4.79 Å². The standard InChI is InChI=1S/C21H19N5OS/c22-15-25-11-12-26(17-9-5-2-6-10-17)18(14-25)20(27)24-21-23-13-19(28-21)16-7-3-1-4-8-16/h1-10,13,18H,11-12,14H2,(H,23,24,27). The molecular weight excluding hydrogens is 370 g/mol. The average molecular weight is 389 g/mol. The van der Waals surface area contributed by atoms with E-state index < -0.39 is 6.04 Å². The van der Waals surface area contributed by atoms with Crippen LogP contribution in [0.5, 0.6) is 0 Å². The third-order valence-electron chi connectivity index (χ3n) is 4.71. The summed E-state index contributed by atoms with van der Waals surface area (Å²) in [4.78, 5) is 22.1. The second-order valence-corrected chi connectivity index (χ2v) is 7.51. The fraction of sp³-hybridized carbons (Fsp3) is 0.190. The van der Waals surface area contributed by atoms with Crippen molar-refractivity contribution in [2.45, 2.75) is 6.04 Å². The van der Waals surface area contributed by atoms with E-state index in [0.717, 1.165) is 16.1 Å². The van der Waals surface area contributed by atoms with Crippen molar-refractivity contribution in [3.8, 4) is 16.6 Å². The number of carbonyl (C=O) groups excluding carboxylic acids is 1. The quantitative estimate of drug-likeness (QED) is 0.692. The number of hydrogen-bond donors (Lipinski definition) is 1. The Balaban J connectivity index is 1.53. The Morgan fingerprint density at radius 1 is 1.11 bits per heavy atom. The lowest BCUT2D eigenvalue weighted by Crippen LogP contribution is -2.56. The number of nitriles is 1. The molecule has 28 heavy (non-hydrogen) atoms. The molecule has 0 radical (unpaired) electrons. The molecule has 7 heteroatoms. The van der Waals surface area contributed by atoms with Crippen LogP contribution in [0.15, 0.2) is 66.9 Å². The summed E-state index contributed by atoms with van der Waals surface area (Å²) < 4.78 is 0. The van der Waals surface area contributed by atoms with Crippen LogP contribution in [-0.2, 0) is 4.79 Å². The van der Waals surface area contributed by atoms with Crippen molar-refractivity contribution in [2.24, 2.45) is 0 Å². The number of hydrogen-bond acceptors (Lipinski definition) is 6. The first-order valence-electron chi connectivity index (χ1n) is 9.03. The maximum atomic E-state index is 13.0. The molecule has 1 aromatic heterocycles. The number of amides is 1. The summed E-state index contributed by atoms with van der Waals surface area (Å²) >= 11 is 1.44. The first-order valence-corrected chi connectivity index (χ1v) is 9.85. The van der Waals surface area contributed by atoms with Crippen LogP contribution in [0.3, 0.4) is 0 Å². The fourth-order valence-electron chi connectivity index (χ4n) is 3.28. The molecule has 0 aliphatic carbocycles. The number of rotatable bonds is 4. The minimum Gasteiger partial charge on any atom is -0.356 e. The van der Waals surface area contributed by atoms with Crippen LogP contribution in [0.1, 0.15) is 0 Å². The summed E-state index contributed by atoms with van der Waals surface area (Å²) in [7, 11) is 0. The molecule has 0 saturated carbocycles. The minimum absolute atomic E-state index is 0.155. The van der Waals surface area contributed by atoms with Crippen molar-refractivity contribution >= 4 is 28.1 Å². The van der Waals surface area contributed by atoms with Crippen molar-refractivity contribution in [2.75, 3.05) is 29.9 Å². The lowest BCUT2D eigenvalue weighted by Gasteiger charge is -2.39. The topological polar surface area (TPSA) is 72.3 Å². The van der Waals surface area contributed by atoms with E-state index in [1.807, 2.05) is 60.7 Å². The number of aromatic nitrogens is 1. The van der Waals surface area contributed by atoms with Crippen molar-refractivity contribution in [1.82, 2.24) is 9.88 Å². The van der Waals surface area contributed by atoms with Gasteiger partial charge in [0.1, 0.15) is 6.04 Å². The summed E-state index contributed by atoms with van der Waals surface area (Å²) in [5, 5.41) is 12.8. The Labute approximate surface area is 167 Å². The molecule has 1 fully saturated rings. The SMILES string of the molecule is N#CN1CCN(c2ccccc2)C(C(=O)Nc2ncc(-c3ccccc3)s2)C1. The molecule has 1 aliphatic rings. The molecule has 1 atom stereocenters. The van der Waals surface area contributed by atoms with Gasteiger partial charge < -0.3 is 15.1 Å². The molecule has 4 rings (SSSR count). The van der Waals surface area contributed by atoms with E-state index in [9.17, 15) is 10.1 Å². The molecule has 3 aromatic rings. The van der Waals surface area contributed by atoms with Gasteiger partial charge in [-0.05, 0) is 17.7 Å². The third kappa shape index (κ3) is 3.82. The lowest BCUT2D eigenvalue weighted by atomic mass is 10.1. The van der Waals surface area contributed by atoms with Gasteiger partial charge in [-0.1, -0.05) is 59.9 Å². The van der Waals surface area contributed by atoms with E-state index in [4.69, 9.17) is 0 Å². The molecule has 1 unspecified atom stereocenters. The Morgan fingerprint density at radius 2 is 1.82 bits per heavy atom. The monoisotopic (exact) mass is 389 g/mol. The van der Waals surface area contributed by atoms with E-state index >= 15 is 0 Å². The number of nitrogens with zero attached hydrogens (tertiary/aromatic N) is 4. The van der Waals surface area contributed by atoms with Crippen LogP contribution in [-0.4, -0.2) is 41.5 Å². The van der Waals surface area contributed by atoms with Gasteiger partial charge in [0.05, 0.1) is 11.4 Å². The summed E-state index contributed by atoms with van der Waals surface area (Å²) in [6.45, 7) is 1.57. The van der Waals surface area contributed by atoms with Gasteiger partial charge in [0, 0.05) is 25.0 Å². The van der Waals surface area contributed by atoms with Crippen molar-refractivity contribution in [3.63, 3.8) is 0 Å². The number of carbonyl (C=O) groups is 1. The van der Waals surface area contributed by atoms with Gasteiger partial charge in [-0.25, -0.2) is 4.98 Å². The second kappa shape index (κ2) is 8.11. The number of piperazine rings is 1. The first kappa shape index (κ1) is 18.0.